The SMILES string of the molecule is O=C(C#Cc1ccccc1)NCc1ccccc1CO. The third-order valence-electron chi connectivity index (χ3n) is 2.82. The van der Waals surface area contributed by atoms with E-state index < -0.39 is 0 Å². The molecular weight excluding hydrogens is 250 g/mol. The molecule has 0 unspecified atom stereocenters. The second-order valence-electron chi connectivity index (χ2n) is 4.23. The van der Waals surface area contributed by atoms with Crippen LogP contribution in [0.25, 0.3) is 0 Å². The summed E-state index contributed by atoms with van der Waals surface area (Å²) >= 11 is 0. The quantitative estimate of drug-likeness (QED) is 0.832. The lowest BCUT2D eigenvalue weighted by Gasteiger charge is -2.06. The molecule has 0 radical (unpaired) electrons. The smallest absolute Gasteiger partial charge is 0.296 e. The number of aliphatic hydroxyl groups is 1. The molecule has 1 amide bonds. The summed E-state index contributed by atoms with van der Waals surface area (Å²) in [5.41, 5.74) is 2.51. The first kappa shape index (κ1) is 13.9. The standard InChI is InChI=1S/C17H15NO2/c19-13-16-9-5-4-8-15(16)12-18-17(20)11-10-14-6-2-1-3-7-14/h1-9,19H,12-13H2,(H,18,20). The topological polar surface area (TPSA) is 49.3 Å². The van der Waals surface area contributed by atoms with Gasteiger partial charge in [-0.05, 0) is 23.3 Å². The van der Waals surface area contributed by atoms with Gasteiger partial charge in [-0.15, -0.1) is 0 Å². The van der Waals surface area contributed by atoms with Gasteiger partial charge in [0.05, 0.1) is 6.61 Å². The Labute approximate surface area is 118 Å². The van der Waals surface area contributed by atoms with Gasteiger partial charge in [-0.2, -0.15) is 0 Å². The highest BCUT2D eigenvalue weighted by Gasteiger charge is 2.01. The Morgan fingerprint density at radius 1 is 1.00 bits per heavy atom. The number of aliphatic hydroxyl groups excluding tert-OH is 1. The Hall–Kier alpha value is -2.57. The highest BCUT2D eigenvalue weighted by molar-refractivity contribution is 5.94. The van der Waals surface area contributed by atoms with Gasteiger partial charge in [-0.25, -0.2) is 0 Å². The summed E-state index contributed by atoms with van der Waals surface area (Å²) in [7, 11) is 0. The number of benzene rings is 2. The van der Waals surface area contributed by atoms with Crippen LogP contribution in [0.15, 0.2) is 54.6 Å². The van der Waals surface area contributed by atoms with Gasteiger partial charge >= 0.3 is 0 Å². The minimum absolute atomic E-state index is 0.0399. The average molecular weight is 265 g/mol. The molecule has 2 rings (SSSR count). The Balaban J connectivity index is 1.95. The normalized spacial score (nSPS) is 9.45. The van der Waals surface area contributed by atoms with Crippen LogP contribution >= 0.6 is 0 Å². The number of rotatable bonds is 3. The number of hydrogen-bond acceptors (Lipinski definition) is 2. The van der Waals surface area contributed by atoms with Gasteiger partial charge in [-0.3, -0.25) is 4.79 Å². The van der Waals surface area contributed by atoms with Crippen molar-refractivity contribution in [3.05, 3.63) is 71.3 Å². The van der Waals surface area contributed by atoms with Gasteiger partial charge in [-0.1, -0.05) is 48.4 Å². The van der Waals surface area contributed by atoms with Crippen molar-refractivity contribution in [1.29, 1.82) is 0 Å². The molecule has 0 aliphatic heterocycles. The summed E-state index contributed by atoms with van der Waals surface area (Å²) in [4.78, 5) is 11.6. The van der Waals surface area contributed by atoms with E-state index in [-0.39, 0.29) is 12.5 Å². The summed E-state index contributed by atoms with van der Waals surface area (Å²) < 4.78 is 0. The fourth-order valence-electron chi connectivity index (χ4n) is 1.75. The second kappa shape index (κ2) is 7.13. The summed E-state index contributed by atoms with van der Waals surface area (Å²) in [6, 6.07) is 16.8. The third kappa shape index (κ3) is 3.98. The van der Waals surface area contributed by atoms with Crippen molar-refractivity contribution in [2.75, 3.05) is 0 Å². The summed E-state index contributed by atoms with van der Waals surface area (Å²) in [6.07, 6.45) is 0. The van der Waals surface area contributed by atoms with E-state index in [0.29, 0.717) is 6.54 Å². The predicted octanol–water partition coefficient (Wildman–Crippen LogP) is 1.85. The van der Waals surface area contributed by atoms with Crippen LogP contribution in [-0.4, -0.2) is 11.0 Å². The largest absolute Gasteiger partial charge is 0.392 e. The first-order chi connectivity index (χ1) is 9.79. The molecule has 2 N–H and O–H groups in total. The third-order valence-corrected chi connectivity index (χ3v) is 2.82. The van der Waals surface area contributed by atoms with Crippen molar-refractivity contribution in [1.82, 2.24) is 5.32 Å². The van der Waals surface area contributed by atoms with Crippen LogP contribution in [0.3, 0.4) is 0 Å². The molecule has 0 aliphatic carbocycles. The van der Waals surface area contributed by atoms with E-state index in [4.69, 9.17) is 0 Å². The number of nitrogens with one attached hydrogen (secondary N) is 1. The lowest BCUT2D eigenvalue weighted by atomic mass is 10.1. The molecule has 20 heavy (non-hydrogen) atoms. The van der Waals surface area contributed by atoms with Crippen LogP contribution in [0, 0.1) is 11.8 Å². The van der Waals surface area contributed by atoms with Crippen molar-refractivity contribution in [3.8, 4) is 11.8 Å². The molecular formula is C17H15NO2. The molecule has 0 bridgehead atoms. The van der Waals surface area contributed by atoms with Crippen molar-refractivity contribution >= 4 is 5.91 Å². The van der Waals surface area contributed by atoms with Gasteiger partial charge in [0.25, 0.3) is 5.91 Å². The fraction of sp³-hybridized carbons (Fsp3) is 0.118. The van der Waals surface area contributed by atoms with Crippen LogP contribution in [-0.2, 0) is 17.9 Å². The highest BCUT2D eigenvalue weighted by Crippen LogP contribution is 2.07. The lowest BCUT2D eigenvalue weighted by molar-refractivity contribution is -0.115. The fourth-order valence-corrected chi connectivity index (χ4v) is 1.75. The van der Waals surface area contributed by atoms with E-state index in [2.05, 4.69) is 17.2 Å². The molecule has 0 saturated carbocycles. The van der Waals surface area contributed by atoms with Crippen molar-refractivity contribution in [2.24, 2.45) is 0 Å². The van der Waals surface area contributed by atoms with Crippen LogP contribution in [0.4, 0.5) is 0 Å². The zero-order valence-corrected chi connectivity index (χ0v) is 11.0. The highest BCUT2D eigenvalue weighted by atomic mass is 16.3. The van der Waals surface area contributed by atoms with E-state index in [1.54, 1.807) is 0 Å². The number of hydrogen-bond donors (Lipinski definition) is 2. The van der Waals surface area contributed by atoms with Crippen LogP contribution in [0.2, 0.25) is 0 Å². The molecule has 3 heteroatoms. The lowest BCUT2D eigenvalue weighted by Crippen LogP contribution is -2.21. The van der Waals surface area contributed by atoms with Gasteiger partial charge < -0.3 is 10.4 Å². The molecule has 0 heterocycles. The maximum Gasteiger partial charge on any atom is 0.296 e. The molecule has 2 aromatic carbocycles. The van der Waals surface area contributed by atoms with Gasteiger partial charge in [0.15, 0.2) is 0 Å². The van der Waals surface area contributed by atoms with E-state index in [9.17, 15) is 9.90 Å². The van der Waals surface area contributed by atoms with Crippen LogP contribution in [0.5, 0.6) is 0 Å². The van der Waals surface area contributed by atoms with Crippen molar-refractivity contribution in [3.63, 3.8) is 0 Å². The minimum atomic E-state index is -0.332. The molecule has 0 atom stereocenters. The maximum atomic E-state index is 11.6. The first-order valence-electron chi connectivity index (χ1n) is 6.32. The first-order valence-corrected chi connectivity index (χ1v) is 6.32. The Morgan fingerprint density at radius 3 is 2.35 bits per heavy atom. The molecule has 0 fully saturated rings. The molecule has 0 aliphatic rings. The van der Waals surface area contributed by atoms with E-state index in [1.165, 1.54) is 0 Å². The molecule has 0 spiro atoms. The van der Waals surface area contributed by atoms with E-state index >= 15 is 0 Å². The maximum absolute atomic E-state index is 11.6. The minimum Gasteiger partial charge on any atom is -0.392 e. The van der Waals surface area contributed by atoms with Crippen molar-refractivity contribution in [2.45, 2.75) is 13.2 Å². The number of carbonyl (C=O) groups is 1. The van der Waals surface area contributed by atoms with Gasteiger partial charge in [0.1, 0.15) is 0 Å². The zero-order valence-electron chi connectivity index (χ0n) is 11.0. The summed E-state index contributed by atoms with van der Waals surface area (Å²) in [5, 5.41) is 11.9. The van der Waals surface area contributed by atoms with Crippen LogP contribution < -0.4 is 5.32 Å². The molecule has 0 saturated heterocycles. The van der Waals surface area contributed by atoms with E-state index in [0.717, 1.165) is 16.7 Å². The Morgan fingerprint density at radius 2 is 1.65 bits per heavy atom. The van der Waals surface area contributed by atoms with Crippen molar-refractivity contribution < 1.29 is 9.90 Å². The Kier molecular flexibility index (Phi) is 4.94. The monoisotopic (exact) mass is 265 g/mol. The van der Waals surface area contributed by atoms with E-state index in [1.807, 2.05) is 54.6 Å². The molecule has 100 valence electrons. The zero-order chi connectivity index (χ0) is 14.2. The van der Waals surface area contributed by atoms with Gasteiger partial charge in [0, 0.05) is 18.0 Å². The Bertz CT molecular complexity index is 639. The molecule has 3 nitrogen and oxygen atoms in total. The van der Waals surface area contributed by atoms with Crippen LogP contribution in [0.1, 0.15) is 16.7 Å². The van der Waals surface area contributed by atoms with Gasteiger partial charge in [0.2, 0.25) is 0 Å². The second-order valence-corrected chi connectivity index (χ2v) is 4.23. The summed E-state index contributed by atoms with van der Waals surface area (Å²) in [5.74, 6) is 5.01. The predicted molar refractivity (Wildman–Crippen MR) is 77.5 cm³/mol. The number of carbonyl (C=O) groups excluding carboxylic acids is 1. The average Bonchev–Trinajstić information content (AvgIpc) is 2.52. The molecule has 0 aromatic heterocycles. The number of amides is 1. The molecule has 2 aromatic rings. The summed E-state index contributed by atoms with van der Waals surface area (Å²) in [6.45, 7) is 0.320.